The molecule has 5 nitrogen and oxygen atoms in total. The van der Waals surface area contributed by atoms with Gasteiger partial charge in [0.25, 0.3) is 0 Å². The summed E-state index contributed by atoms with van der Waals surface area (Å²) < 4.78 is 4.72. The molecule has 0 fully saturated rings. The highest BCUT2D eigenvalue weighted by molar-refractivity contribution is 6.30. The van der Waals surface area contributed by atoms with E-state index in [0.29, 0.717) is 17.3 Å². The molecule has 0 atom stereocenters. The molecule has 1 heterocycles. The van der Waals surface area contributed by atoms with E-state index in [9.17, 15) is 4.79 Å². The molecular weight excluding hydrogens is 266 g/mol. The second-order valence-electron chi connectivity index (χ2n) is 4.03. The summed E-state index contributed by atoms with van der Waals surface area (Å²) in [7, 11) is 0. The van der Waals surface area contributed by atoms with E-state index in [2.05, 4.69) is 15.8 Å². The van der Waals surface area contributed by atoms with Crippen LogP contribution in [0.4, 0.5) is 10.5 Å². The molecule has 2 aromatic rings. The zero-order chi connectivity index (χ0) is 13.5. The lowest BCUT2D eigenvalue weighted by molar-refractivity contribution is 0.252. The zero-order valence-electron chi connectivity index (χ0n) is 10.2. The average molecular weight is 280 g/mol. The van der Waals surface area contributed by atoms with Crippen molar-refractivity contribution < 1.29 is 9.32 Å². The van der Waals surface area contributed by atoms with Crippen molar-refractivity contribution in [3.05, 3.63) is 47.3 Å². The van der Waals surface area contributed by atoms with E-state index in [0.717, 1.165) is 18.4 Å². The lowest BCUT2D eigenvalue weighted by Crippen LogP contribution is -2.29. The Hall–Kier alpha value is -2.01. The fraction of sp³-hybridized carbons (Fsp3) is 0.231. The lowest BCUT2D eigenvalue weighted by atomic mass is 10.2. The molecule has 0 bridgehead atoms. The number of hydrogen-bond donors (Lipinski definition) is 2. The molecule has 100 valence electrons. The van der Waals surface area contributed by atoms with Crippen molar-refractivity contribution in [2.45, 2.75) is 12.8 Å². The Morgan fingerprint density at radius 1 is 1.42 bits per heavy atom. The number of carbonyl (C=O) groups is 1. The minimum absolute atomic E-state index is 0.243. The molecule has 2 amide bonds. The van der Waals surface area contributed by atoms with E-state index in [1.807, 2.05) is 0 Å². The van der Waals surface area contributed by atoms with Gasteiger partial charge in [0.1, 0.15) is 6.26 Å². The topological polar surface area (TPSA) is 67.2 Å². The minimum atomic E-state index is -0.243. The fourth-order valence-corrected chi connectivity index (χ4v) is 1.78. The predicted octanol–water partition coefficient (Wildman–Crippen LogP) is 3.08. The zero-order valence-corrected chi connectivity index (χ0v) is 11.0. The van der Waals surface area contributed by atoms with Gasteiger partial charge in [-0.15, -0.1) is 0 Å². The van der Waals surface area contributed by atoms with Crippen molar-refractivity contribution in [3.63, 3.8) is 0 Å². The van der Waals surface area contributed by atoms with E-state index in [4.69, 9.17) is 16.1 Å². The molecule has 6 heteroatoms. The number of aryl methyl sites for hydroxylation is 1. The number of amides is 2. The Morgan fingerprint density at radius 3 is 3.05 bits per heavy atom. The third kappa shape index (κ3) is 4.63. The molecular formula is C13H14ClN3O2. The summed E-state index contributed by atoms with van der Waals surface area (Å²) in [6, 6.07) is 6.77. The maximum Gasteiger partial charge on any atom is 0.319 e. The quantitative estimate of drug-likeness (QED) is 0.827. The van der Waals surface area contributed by atoms with Crippen LogP contribution in [0.2, 0.25) is 5.02 Å². The number of carbonyl (C=O) groups excluding carboxylic acids is 1. The molecule has 1 aromatic carbocycles. The van der Waals surface area contributed by atoms with Gasteiger partial charge >= 0.3 is 6.03 Å². The molecule has 0 spiro atoms. The number of hydrogen-bond acceptors (Lipinski definition) is 3. The van der Waals surface area contributed by atoms with Crippen LogP contribution < -0.4 is 10.6 Å². The van der Waals surface area contributed by atoms with Crippen LogP contribution in [0.3, 0.4) is 0 Å². The SMILES string of the molecule is O=C(NCCCc1cnoc1)Nc1cccc(Cl)c1. The highest BCUT2D eigenvalue weighted by Crippen LogP contribution is 2.14. The van der Waals surface area contributed by atoms with E-state index < -0.39 is 0 Å². The van der Waals surface area contributed by atoms with Crippen molar-refractivity contribution in [1.29, 1.82) is 0 Å². The van der Waals surface area contributed by atoms with Gasteiger partial charge in [0.2, 0.25) is 0 Å². The first-order valence-electron chi connectivity index (χ1n) is 5.93. The number of nitrogens with zero attached hydrogens (tertiary/aromatic N) is 1. The van der Waals surface area contributed by atoms with Crippen molar-refractivity contribution >= 4 is 23.3 Å². The highest BCUT2D eigenvalue weighted by Gasteiger charge is 2.02. The number of anilines is 1. The van der Waals surface area contributed by atoms with Crippen LogP contribution in [0.15, 0.2) is 41.2 Å². The molecule has 0 saturated heterocycles. The highest BCUT2D eigenvalue weighted by atomic mass is 35.5. The normalized spacial score (nSPS) is 10.2. The monoisotopic (exact) mass is 279 g/mol. The number of aromatic nitrogens is 1. The number of nitrogens with one attached hydrogen (secondary N) is 2. The second kappa shape index (κ2) is 6.80. The van der Waals surface area contributed by atoms with Crippen LogP contribution in [0.25, 0.3) is 0 Å². The summed E-state index contributed by atoms with van der Waals surface area (Å²) in [6.07, 6.45) is 4.92. The Labute approximate surface area is 115 Å². The number of urea groups is 1. The van der Waals surface area contributed by atoms with Gasteiger partial charge in [0, 0.05) is 22.8 Å². The summed E-state index contributed by atoms with van der Waals surface area (Å²) in [5.74, 6) is 0. The molecule has 0 aliphatic rings. The summed E-state index contributed by atoms with van der Waals surface area (Å²) in [5.41, 5.74) is 1.70. The van der Waals surface area contributed by atoms with Gasteiger partial charge in [-0.25, -0.2) is 4.79 Å². The summed E-state index contributed by atoms with van der Waals surface area (Å²) in [6.45, 7) is 0.581. The van der Waals surface area contributed by atoms with E-state index in [1.54, 1.807) is 36.7 Å². The van der Waals surface area contributed by atoms with E-state index >= 15 is 0 Å². The maximum absolute atomic E-state index is 11.6. The minimum Gasteiger partial charge on any atom is -0.364 e. The van der Waals surface area contributed by atoms with Gasteiger partial charge in [-0.2, -0.15) is 0 Å². The first kappa shape index (κ1) is 13.4. The summed E-state index contributed by atoms with van der Waals surface area (Å²) in [5, 5.41) is 9.68. The predicted molar refractivity (Wildman–Crippen MR) is 73.3 cm³/mol. The molecule has 0 aliphatic carbocycles. The van der Waals surface area contributed by atoms with Crippen molar-refractivity contribution in [2.75, 3.05) is 11.9 Å². The van der Waals surface area contributed by atoms with E-state index in [-0.39, 0.29) is 6.03 Å². The molecule has 19 heavy (non-hydrogen) atoms. The molecule has 2 N–H and O–H groups in total. The van der Waals surface area contributed by atoms with Gasteiger partial charge in [-0.1, -0.05) is 22.8 Å². The van der Waals surface area contributed by atoms with E-state index in [1.165, 1.54) is 0 Å². The van der Waals surface area contributed by atoms with Gasteiger partial charge < -0.3 is 15.2 Å². The Morgan fingerprint density at radius 2 is 2.32 bits per heavy atom. The second-order valence-corrected chi connectivity index (χ2v) is 4.46. The summed E-state index contributed by atoms with van der Waals surface area (Å²) in [4.78, 5) is 11.6. The third-order valence-electron chi connectivity index (χ3n) is 2.49. The number of benzene rings is 1. The fourth-order valence-electron chi connectivity index (χ4n) is 1.59. The van der Waals surface area contributed by atoms with Crippen LogP contribution >= 0.6 is 11.6 Å². The molecule has 2 rings (SSSR count). The van der Waals surface area contributed by atoms with Crippen molar-refractivity contribution in [1.82, 2.24) is 10.5 Å². The van der Waals surface area contributed by atoms with Crippen molar-refractivity contribution in [2.24, 2.45) is 0 Å². The standard InChI is InChI=1S/C13H14ClN3O2/c14-11-4-1-5-12(7-11)17-13(18)15-6-2-3-10-8-16-19-9-10/h1,4-5,7-9H,2-3,6H2,(H2,15,17,18). The molecule has 0 unspecified atom stereocenters. The smallest absolute Gasteiger partial charge is 0.319 e. The maximum atomic E-state index is 11.6. The van der Waals surface area contributed by atoms with Gasteiger partial charge in [0.05, 0.1) is 6.20 Å². The Bertz CT molecular complexity index is 528. The van der Waals surface area contributed by atoms with Crippen LogP contribution in [0, 0.1) is 0 Å². The first-order chi connectivity index (χ1) is 9.24. The van der Waals surface area contributed by atoms with Crippen LogP contribution in [0.1, 0.15) is 12.0 Å². The Balaban J connectivity index is 1.67. The molecule has 0 aliphatic heterocycles. The van der Waals surface area contributed by atoms with Crippen molar-refractivity contribution in [3.8, 4) is 0 Å². The van der Waals surface area contributed by atoms with Crippen LogP contribution in [-0.2, 0) is 6.42 Å². The summed E-state index contributed by atoms with van der Waals surface area (Å²) >= 11 is 5.83. The Kier molecular flexibility index (Phi) is 4.80. The largest absolute Gasteiger partial charge is 0.364 e. The van der Waals surface area contributed by atoms with Crippen LogP contribution in [0.5, 0.6) is 0 Å². The van der Waals surface area contributed by atoms with Crippen LogP contribution in [-0.4, -0.2) is 17.7 Å². The van der Waals surface area contributed by atoms with Gasteiger partial charge in [0.15, 0.2) is 0 Å². The number of rotatable bonds is 5. The molecule has 0 radical (unpaired) electrons. The lowest BCUT2D eigenvalue weighted by Gasteiger charge is -2.07. The molecule has 1 aromatic heterocycles. The average Bonchev–Trinajstić information content (AvgIpc) is 2.88. The van der Waals surface area contributed by atoms with Gasteiger partial charge in [-0.3, -0.25) is 0 Å². The third-order valence-corrected chi connectivity index (χ3v) is 2.73. The number of halogens is 1. The molecule has 0 saturated carbocycles. The first-order valence-corrected chi connectivity index (χ1v) is 6.30. The van der Waals surface area contributed by atoms with Gasteiger partial charge in [-0.05, 0) is 31.0 Å².